The SMILES string of the molecule is COc1c(Nc2cc(C)[nH]n2)nc(Sc2ccc(CC(C)=O)cc2)nc1N1CCN(CCN)CC1. The molecule has 0 radical (unpaired) electrons. The van der Waals surface area contributed by atoms with Crippen LogP contribution in [-0.4, -0.2) is 77.2 Å². The molecule has 3 heterocycles. The number of anilines is 3. The van der Waals surface area contributed by atoms with E-state index in [9.17, 15) is 4.79 Å². The Labute approximate surface area is 209 Å². The van der Waals surface area contributed by atoms with Crippen molar-refractivity contribution < 1.29 is 9.53 Å². The molecule has 0 spiro atoms. The molecule has 1 fully saturated rings. The Morgan fingerprint density at radius 3 is 2.54 bits per heavy atom. The lowest BCUT2D eigenvalue weighted by Gasteiger charge is -2.35. The van der Waals surface area contributed by atoms with Gasteiger partial charge in [0.05, 0.1) is 7.11 Å². The number of benzene rings is 1. The van der Waals surface area contributed by atoms with Gasteiger partial charge < -0.3 is 20.7 Å². The Balaban J connectivity index is 1.64. The van der Waals surface area contributed by atoms with Crippen LogP contribution in [-0.2, 0) is 11.2 Å². The van der Waals surface area contributed by atoms with E-state index in [2.05, 4.69) is 25.3 Å². The summed E-state index contributed by atoms with van der Waals surface area (Å²) in [5, 5.41) is 11.1. The van der Waals surface area contributed by atoms with Crippen molar-refractivity contribution in [1.82, 2.24) is 25.1 Å². The molecular formula is C24H32N8O2S. The Morgan fingerprint density at radius 1 is 1.20 bits per heavy atom. The minimum atomic E-state index is 0.143. The summed E-state index contributed by atoms with van der Waals surface area (Å²) in [6, 6.07) is 9.83. The Morgan fingerprint density at radius 2 is 1.94 bits per heavy atom. The van der Waals surface area contributed by atoms with E-state index in [1.165, 1.54) is 11.8 Å². The van der Waals surface area contributed by atoms with Crippen LogP contribution in [0.2, 0.25) is 0 Å². The molecule has 2 aromatic heterocycles. The minimum absolute atomic E-state index is 0.143. The van der Waals surface area contributed by atoms with Gasteiger partial charge in [-0.05, 0) is 43.3 Å². The second kappa shape index (κ2) is 11.5. The first-order valence-electron chi connectivity index (χ1n) is 11.6. The minimum Gasteiger partial charge on any atom is -0.490 e. The number of carbonyl (C=O) groups is 1. The van der Waals surface area contributed by atoms with E-state index in [1.807, 2.05) is 37.3 Å². The highest BCUT2D eigenvalue weighted by Crippen LogP contribution is 2.38. The third-order valence-electron chi connectivity index (χ3n) is 5.69. The number of ether oxygens (including phenoxy) is 1. The zero-order valence-electron chi connectivity index (χ0n) is 20.4. The first-order valence-corrected chi connectivity index (χ1v) is 12.5. The number of H-pyrrole nitrogens is 1. The van der Waals surface area contributed by atoms with Crippen molar-refractivity contribution in [3.8, 4) is 5.75 Å². The summed E-state index contributed by atoms with van der Waals surface area (Å²) in [4.78, 5) is 26.7. The fourth-order valence-corrected chi connectivity index (χ4v) is 4.74. The van der Waals surface area contributed by atoms with Crippen molar-refractivity contribution in [3.05, 3.63) is 41.6 Å². The van der Waals surface area contributed by atoms with Crippen LogP contribution < -0.4 is 20.7 Å². The van der Waals surface area contributed by atoms with Crippen LogP contribution in [0, 0.1) is 6.92 Å². The van der Waals surface area contributed by atoms with Gasteiger partial charge in [-0.15, -0.1) is 0 Å². The number of nitrogens with one attached hydrogen (secondary N) is 2. The topological polar surface area (TPSA) is 125 Å². The molecule has 0 unspecified atom stereocenters. The standard InChI is InChI=1S/C24H32N8O2S/c1-16-14-20(30-29-16)26-22-21(34-3)23(32-12-10-31(9-8-25)11-13-32)28-24(27-22)35-19-6-4-18(5-7-19)15-17(2)33/h4-7,14H,8-13,15,25H2,1-3H3,(H2,26,27,28,29,30). The number of piperazine rings is 1. The summed E-state index contributed by atoms with van der Waals surface area (Å²) in [5.74, 6) is 2.69. The predicted octanol–water partition coefficient (Wildman–Crippen LogP) is 2.62. The van der Waals surface area contributed by atoms with Crippen molar-refractivity contribution in [2.24, 2.45) is 5.73 Å². The first kappa shape index (κ1) is 25.0. The van der Waals surface area contributed by atoms with Gasteiger partial charge in [-0.25, -0.2) is 9.97 Å². The monoisotopic (exact) mass is 496 g/mol. The molecule has 1 aliphatic rings. The summed E-state index contributed by atoms with van der Waals surface area (Å²) in [6.07, 6.45) is 0.432. The smallest absolute Gasteiger partial charge is 0.204 e. The highest BCUT2D eigenvalue weighted by Gasteiger charge is 2.25. The maximum atomic E-state index is 11.4. The molecule has 3 aromatic rings. The van der Waals surface area contributed by atoms with Gasteiger partial charge in [0, 0.05) is 62.3 Å². The van der Waals surface area contributed by atoms with Crippen LogP contribution in [0.5, 0.6) is 5.75 Å². The Bertz CT molecular complexity index is 1140. The van der Waals surface area contributed by atoms with E-state index in [4.69, 9.17) is 20.4 Å². The van der Waals surface area contributed by atoms with Crippen molar-refractivity contribution in [2.75, 3.05) is 56.6 Å². The molecule has 0 saturated carbocycles. The molecule has 0 amide bonds. The molecule has 4 N–H and O–H groups in total. The van der Waals surface area contributed by atoms with Crippen LogP contribution in [0.4, 0.5) is 17.5 Å². The first-order chi connectivity index (χ1) is 16.9. The average molecular weight is 497 g/mol. The number of Topliss-reactive ketones (excluding diaryl/α,β-unsaturated/α-hetero) is 1. The number of ketones is 1. The molecule has 1 aliphatic heterocycles. The molecule has 1 saturated heterocycles. The Hall–Kier alpha value is -3.15. The molecular weight excluding hydrogens is 464 g/mol. The number of hydrogen-bond donors (Lipinski definition) is 3. The zero-order valence-corrected chi connectivity index (χ0v) is 21.2. The fourth-order valence-electron chi connectivity index (χ4n) is 3.99. The molecule has 0 bridgehead atoms. The predicted molar refractivity (Wildman–Crippen MR) is 138 cm³/mol. The fraction of sp³-hybridized carbons (Fsp3) is 0.417. The van der Waals surface area contributed by atoms with Crippen LogP contribution >= 0.6 is 11.8 Å². The van der Waals surface area contributed by atoms with Crippen molar-refractivity contribution >= 4 is 35.0 Å². The van der Waals surface area contributed by atoms with Gasteiger partial charge >= 0.3 is 0 Å². The number of aromatic nitrogens is 4. The van der Waals surface area contributed by atoms with Gasteiger partial charge in [-0.2, -0.15) is 5.10 Å². The van der Waals surface area contributed by atoms with E-state index in [-0.39, 0.29) is 5.78 Å². The lowest BCUT2D eigenvalue weighted by molar-refractivity contribution is -0.116. The highest BCUT2D eigenvalue weighted by molar-refractivity contribution is 7.99. The maximum Gasteiger partial charge on any atom is 0.204 e. The van der Waals surface area contributed by atoms with E-state index in [1.54, 1.807) is 14.0 Å². The quantitative estimate of drug-likeness (QED) is 0.361. The van der Waals surface area contributed by atoms with Gasteiger partial charge in [0.15, 0.2) is 22.6 Å². The molecule has 1 aromatic carbocycles. The molecule has 0 atom stereocenters. The summed E-state index contributed by atoms with van der Waals surface area (Å²) in [6.45, 7) is 8.54. The summed E-state index contributed by atoms with van der Waals surface area (Å²) in [7, 11) is 1.63. The largest absolute Gasteiger partial charge is 0.490 e. The normalized spacial score (nSPS) is 14.2. The number of nitrogens with zero attached hydrogens (tertiary/aromatic N) is 5. The van der Waals surface area contributed by atoms with Crippen molar-refractivity contribution in [1.29, 1.82) is 0 Å². The van der Waals surface area contributed by atoms with Gasteiger partial charge in [-0.1, -0.05) is 12.1 Å². The van der Waals surface area contributed by atoms with Crippen LogP contribution in [0.25, 0.3) is 0 Å². The third kappa shape index (κ3) is 6.50. The second-order valence-electron chi connectivity index (χ2n) is 8.52. The van der Waals surface area contributed by atoms with Crippen molar-refractivity contribution in [3.63, 3.8) is 0 Å². The summed E-state index contributed by atoms with van der Waals surface area (Å²) in [5.41, 5.74) is 7.67. The van der Waals surface area contributed by atoms with Crippen LogP contribution in [0.3, 0.4) is 0 Å². The van der Waals surface area contributed by atoms with Gasteiger partial charge in [-0.3, -0.25) is 14.8 Å². The number of carbonyl (C=O) groups excluding carboxylic acids is 1. The number of methoxy groups -OCH3 is 1. The maximum absolute atomic E-state index is 11.4. The highest BCUT2D eigenvalue weighted by atomic mass is 32.2. The lowest BCUT2D eigenvalue weighted by atomic mass is 10.1. The van der Waals surface area contributed by atoms with E-state index in [0.29, 0.717) is 35.5 Å². The molecule has 35 heavy (non-hydrogen) atoms. The van der Waals surface area contributed by atoms with Gasteiger partial charge in [0.2, 0.25) is 5.75 Å². The average Bonchev–Trinajstić information content (AvgIpc) is 3.25. The number of nitrogens with two attached hydrogens (primary N) is 1. The lowest BCUT2D eigenvalue weighted by Crippen LogP contribution is -2.48. The molecule has 11 heteroatoms. The number of hydrogen-bond acceptors (Lipinski definition) is 10. The summed E-state index contributed by atoms with van der Waals surface area (Å²) < 4.78 is 5.80. The number of aryl methyl sites for hydroxylation is 1. The third-order valence-corrected chi connectivity index (χ3v) is 6.56. The van der Waals surface area contributed by atoms with E-state index in [0.717, 1.165) is 54.7 Å². The molecule has 10 nitrogen and oxygen atoms in total. The number of rotatable bonds is 10. The van der Waals surface area contributed by atoms with Crippen molar-refractivity contribution in [2.45, 2.75) is 30.3 Å². The molecule has 4 rings (SSSR count). The summed E-state index contributed by atoms with van der Waals surface area (Å²) >= 11 is 1.47. The van der Waals surface area contributed by atoms with E-state index >= 15 is 0 Å². The van der Waals surface area contributed by atoms with Crippen LogP contribution in [0.15, 0.2) is 40.4 Å². The Kier molecular flexibility index (Phi) is 8.21. The zero-order chi connectivity index (χ0) is 24.8. The number of aromatic amines is 1. The van der Waals surface area contributed by atoms with E-state index < -0.39 is 0 Å². The van der Waals surface area contributed by atoms with Crippen LogP contribution in [0.1, 0.15) is 18.2 Å². The van der Waals surface area contributed by atoms with Gasteiger partial charge in [0.1, 0.15) is 5.78 Å². The van der Waals surface area contributed by atoms with Gasteiger partial charge in [0.25, 0.3) is 0 Å². The second-order valence-corrected chi connectivity index (χ2v) is 9.56. The molecule has 0 aliphatic carbocycles. The molecule has 186 valence electrons.